The molecule has 0 radical (unpaired) electrons. The predicted molar refractivity (Wildman–Crippen MR) is 68.2 cm³/mol. The van der Waals surface area contributed by atoms with Crippen LogP contribution in [0.25, 0.3) is 0 Å². The molecule has 2 atom stereocenters. The Balaban J connectivity index is 2.08. The van der Waals surface area contributed by atoms with Crippen LogP contribution in [0.3, 0.4) is 0 Å². The van der Waals surface area contributed by atoms with Crippen molar-refractivity contribution < 1.29 is 14.3 Å². The summed E-state index contributed by atoms with van der Waals surface area (Å²) < 4.78 is 5.63. The smallest absolute Gasteiger partial charge is 0.254 e. The fourth-order valence-corrected chi connectivity index (χ4v) is 3.06. The molecule has 0 saturated carbocycles. The normalized spacial score (nSPS) is 32.6. The van der Waals surface area contributed by atoms with E-state index >= 15 is 0 Å². The summed E-state index contributed by atoms with van der Waals surface area (Å²) >= 11 is 0. The molecule has 4 nitrogen and oxygen atoms in total. The molecule has 0 aliphatic carbocycles. The molecule has 1 amide bonds. The van der Waals surface area contributed by atoms with Gasteiger partial charge >= 0.3 is 0 Å². The third kappa shape index (κ3) is 2.74. The molecular weight excluding hydrogens is 230 g/mol. The molecule has 0 bridgehead atoms. The first-order valence-electron chi connectivity index (χ1n) is 6.97. The minimum atomic E-state index is -0.646. The molecule has 2 aliphatic heterocycles. The summed E-state index contributed by atoms with van der Waals surface area (Å²) in [5.41, 5.74) is -0.646. The molecule has 0 aromatic carbocycles. The average Bonchev–Trinajstić information content (AvgIpc) is 2.76. The maximum atomic E-state index is 12.6. The monoisotopic (exact) mass is 253 g/mol. The third-order valence-electron chi connectivity index (χ3n) is 4.08. The van der Waals surface area contributed by atoms with Crippen molar-refractivity contribution in [2.24, 2.45) is 0 Å². The highest BCUT2D eigenvalue weighted by atomic mass is 16.5. The molecule has 2 aliphatic rings. The van der Waals surface area contributed by atoms with Gasteiger partial charge in [0.05, 0.1) is 0 Å². The van der Waals surface area contributed by atoms with Crippen molar-refractivity contribution >= 4 is 11.7 Å². The molecule has 2 rings (SSSR count). The zero-order valence-corrected chi connectivity index (χ0v) is 11.4. The Hall–Kier alpha value is -0.900. The van der Waals surface area contributed by atoms with Gasteiger partial charge in [-0.2, -0.15) is 0 Å². The standard InChI is InChI=1S/C14H23NO3/c1-11(16)10-12-6-3-4-8-15(12)13(17)14(2)7-5-9-18-14/h12H,3-10H2,1-2H3. The molecule has 2 heterocycles. The van der Waals surface area contributed by atoms with Crippen LogP contribution >= 0.6 is 0 Å². The van der Waals surface area contributed by atoms with Gasteiger partial charge in [-0.25, -0.2) is 0 Å². The van der Waals surface area contributed by atoms with Gasteiger partial charge in [0.2, 0.25) is 0 Å². The molecule has 102 valence electrons. The van der Waals surface area contributed by atoms with E-state index in [1.807, 2.05) is 11.8 Å². The number of piperidine rings is 1. The number of carbonyl (C=O) groups is 2. The minimum Gasteiger partial charge on any atom is -0.365 e. The van der Waals surface area contributed by atoms with Gasteiger partial charge in [-0.15, -0.1) is 0 Å². The van der Waals surface area contributed by atoms with Crippen molar-refractivity contribution in [2.45, 2.75) is 64.0 Å². The number of rotatable bonds is 3. The Kier molecular flexibility index (Phi) is 4.05. The number of amides is 1. The van der Waals surface area contributed by atoms with Gasteiger partial charge in [0.25, 0.3) is 5.91 Å². The van der Waals surface area contributed by atoms with Crippen molar-refractivity contribution in [2.75, 3.05) is 13.2 Å². The minimum absolute atomic E-state index is 0.0878. The van der Waals surface area contributed by atoms with Gasteiger partial charge in [-0.1, -0.05) is 0 Å². The molecule has 2 saturated heterocycles. The quantitative estimate of drug-likeness (QED) is 0.772. The van der Waals surface area contributed by atoms with Crippen LogP contribution in [0.15, 0.2) is 0 Å². The molecule has 0 N–H and O–H groups in total. The largest absolute Gasteiger partial charge is 0.365 e. The SMILES string of the molecule is CC(=O)CC1CCCCN1C(=O)C1(C)CCCO1. The van der Waals surface area contributed by atoms with E-state index in [1.165, 1.54) is 0 Å². The second kappa shape index (κ2) is 5.39. The Morgan fingerprint density at radius 2 is 2.11 bits per heavy atom. The lowest BCUT2D eigenvalue weighted by Crippen LogP contribution is -2.53. The number of ether oxygens (including phenoxy) is 1. The number of ketones is 1. The highest BCUT2D eigenvalue weighted by Crippen LogP contribution is 2.31. The Morgan fingerprint density at radius 3 is 2.72 bits per heavy atom. The number of likely N-dealkylation sites (tertiary alicyclic amines) is 1. The van der Waals surface area contributed by atoms with Crippen LogP contribution in [0, 0.1) is 0 Å². The Bertz CT molecular complexity index is 334. The number of hydrogen-bond donors (Lipinski definition) is 0. The molecule has 2 unspecified atom stereocenters. The number of Topliss-reactive ketones (excluding diaryl/α,β-unsaturated/α-hetero) is 1. The van der Waals surface area contributed by atoms with E-state index in [0.29, 0.717) is 13.0 Å². The second-order valence-electron chi connectivity index (χ2n) is 5.74. The van der Waals surface area contributed by atoms with Crippen LogP contribution in [0.4, 0.5) is 0 Å². The van der Waals surface area contributed by atoms with E-state index in [0.717, 1.165) is 38.6 Å². The van der Waals surface area contributed by atoms with E-state index in [4.69, 9.17) is 4.74 Å². The highest BCUT2D eigenvalue weighted by Gasteiger charge is 2.43. The molecule has 0 spiro atoms. The number of hydrogen-bond acceptors (Lipinski definition) is 3. The molecular formula is C14H23NO3. The lowest BCUT2D eigenvalue weighted by atomic mass is 9.93. The van der Waals surface area contributed by atoms with Crippen LogP contribution in [0.1, 0.15) is 52.4 Å². The molecule has 0 aromatic heterocycles. The van der Waals surface area contributed by atoms with Crippen molar-refractivity contribution in [3.63, 3.8) is 0 Å². The first kappa shape index (κ1) is 13.5. The van der Waals surface area contributed by atoms with E-state index in [1.54, 1.807) is 6.92 Å². The van der Waals surface area contributed by atoms with E-state index in [9.17, 15) is 9.59 Å². The maximum Gasteiger partial charge on any atom is 0.254 e. The maximum absolute atomic E-state index is 12.6. The summed E-state index contributed by atoms with van der Waals surface area (Å²) in [6, 6.07) is 0.0878. The first-order chi connectivity index (χ1) is 8.53. The summed E-state index contributed by atoms with van der Waals surface area (Å²) in [6.07, 6.45) is 5.33. The predicted octanol–water partition coefficient (Wildman–Crippen LogP) is 1.92. The van der Waals surface area contributed by atoms with Gasteiger partial charge in [0.15, 0.2) is 0 Å². The van der Waals surface area contributed by atoms with Gasteiger partial charge in [-0.3, -0.25) is 9.59 Å². The zero-order valence-electron chi connectivity index (χ0n) is 11.4. The lowest BCUT2D eigenvalue weighted by Gasteiger charge is -2.39. The second-order valence-corrected chi connectivity index (χ2v) is 5.74. The summed E-state index contributed by atoms with van der Waals surface area (Å²) in [5, 5.41) is 0. The summed E-state index contributed by atoms with van der Waals surface area (Å²) in [5.74, 6) is 0.253. The highest BCUT2D eigenvalue weighted by molar-refractivity contribution is 5.86. The number of nitrogens with zero attached hydrogens (tertiary/aromatic N) is 1. The summed E-state index contributed by atoms with van der Waals surface area (Å²) in [4.78, 5) is 25.8. The van der Waals surface area contributed by atoms with Crippen molar-refractivity contribution in [3.05, 3.63) is 0 Å². The summed E-state index contributed by atoms with van der Waals surface area (Å²) in [6.45, 7) is 4.94. The summed E-state index contributed by atoms with van der Waals surface area (Å²) in [7, 11) is 0. The zero-order chi connectivity index (χ0) is 13.2. The van der Waals surface area contributed by atoms with Gasteiger partial charge in [-0.05, 0) is 46.0 Å². The van der Waals surface area contributed by atoms with Gasteiger partial charge in [0.1, 0.15) is 11.4 Å². The Morgan fingerprint density at radius 1 is 1.33 bits per heavy atom. The van der Waals surface area contributed by atoms with Crippen molar-refractivity contribution in [1.82, 2.24) is 4.90 Å². The van der Waals surface area contributed by atoms with Crippen LogP contribution in [-0.4, -0.2) is 41.4 Å². The fraction of sp³-hybridized carbons (Fsp3) is 0.857. The van der Waals surface area contributed by atoms with Gasteiger partial charge in [0, 0.05) is 25.6 Å². The van der Waals surface area contributed by atoms with E-state index < -0.39 is 5.60 Å². The van der Waals surface area contributed by atoms with Gasteiger partial charge < -0.3 is 9.64 Å². The fourth-order valence-electron chi connectivity index (χ4n) is 3.06. The third-order valence-corrected chi connectivity index (χ3v) is 4.08. The van der Waals surface area contributed by atoms with Crippen LogP contribution in [0.2, 0.25) is 0 Å². The van der Waals surface area contributed by atoms with E-state index in [-0.39, 0.29) is 17.7 Å². The van der Waals surface area contributed by atoms with Crippen LogP contribution in [0.5, 0.6) is 0 Å². The van der Waals surface area contributed by atoms with Crippen LogP contribution < -0.4 is 0 Å². The van der Waals surface area contributed by atoms with E-state index in [2.05, 4.69) is 0 Å². The lowest BCUT2D eigenvalue weighted by molar-refractivity contribution is -0.155. The molecule has 4 heteroatoms. The van der Waals surface area contributed by atoms with Crippen molar-refractivity contribution in [1.29, 1.82) is 0 Å². The molecule has 18 heavy (non-hydrogen) atoms. The topological polar surface area (TPSA) is 46.6 Å². The number of carbonyl (C=O) groups excluding carboxylic acids is 2. The molecule has 0 aromatic rings. The molecule has 2 fully saturated rings. The first-order valence-corrected chi connectivity index (χ1v) is 6.97. The Labute approximate surface area is 109 Å². The van der Waals surface area contributed by atoms with Crippen LogP contribution in [-0.2, 0) is 14.3 Å². The van der Waals surface area contributed by atoms with Crippen molar-refractivity contribution in [3.8, 4) is 0 Å². The average molecular weight is 253 g/mol.